The van der Waals surface area contributed by atoms with E-state index in [2.05, 4.69) is 5.73 Å². The first kappa shape index (κ1) is 15.8. The van der Waals surface area contributed by atoms with Gasteiger partial charge in [-0.2, -0.15) is 0 Å². The number of nitrogens with zero attached hydrogens (tertiary/aromatic N) is 1. The minimum absolute atomic E-state index is 0.0189. The molecule has 0 unspecified atom stereocenters. The summed E-state index contributed by atoms with van der Waals surface area (Å²) in [7, 11) is 0. The number of primary amides is 1. The summed E-state index contributed by atoms with van der Waals surface area (Å²) in [5, 5.41) is 17.7. The van der Waals surface area contributed by atoms with E-state index in [-0.39, 0.29) is 11.5 Å². The molecule has 21 heavy (non-hydrogen) atoms. The van der Waals surface area contributed by atoms with E-state index >= 15 is 0 Å². The fourth-order valence-electron chi connectivity index (χ4n) is 1.49. The maximum Gasteiger partial charge on any atom is 0.402 e. The standard InChI is InChI=1S/C13H9NO3.CH3NO2/c15-13(10-4-2-1-3-5-10)11-6-8-12(9-7-11)14(16)17;2-1(3)4/h1-9H;2H2,(H,3,4). The Morgan fingerprint density at radius 3 is 1.81 bits per heavy atom. The summed E-state index contributed by atoms with van der Waals surface area (Å²) in [5.74, 6) is -0.138. The van der Waals surface area contributed by atoms with Gasteiger partial charge in [0.15, 0.2) is 5.78 Å². The highest BCUT2D eigenvalue weighted by Gasteiger charge is 2.10. The van der Waals surface area contributed by atoms with Crippen molar-refractivity contribution in [2.75, 3.05) is 0 Å². The summed E-state index contributed by atoms with van der Waals surface area (Å²) in [6.07, 6.45) is -1.33. The summed E-state index contributed by atoms with van der Waals surface area (Å²) < 4.78 is 0. The van der Waals surface area contributed by atoms with E-state index in [1.807, 2.05) is 6.07 Å². The summed E-state index contributed by atoms with van der Waals surface area (Å²) in [5.41, 5.74) is 5.03. The van der Waals surface area contributed by atoms with Gasteiger partial charge in [-0.25, -0.2) is 4.79 Å². The van der Waals surface area contributed by atoms with Gasteiger partial charge in [0, 0.05) is 23.3 Å². The van der Waals surface area contributed by atoms with E-state index < -0.39 is 11.0 Å². The van der Waals surface area contributed by atoms with Gasteiger partial charge >= 0.3 is 6.09 Å². The highest BCUT2D eigenvalue weighted by atomic mass is 16.6. The van der Waals surface area contributed by atoms with Gasteiger partial charge < -0.3 is 10.8 Å². The topological polar surface area (TPSA) is 124 Å². The lowest BCUT2D eigenvalue weighted by Crippen LogP contribution is -2.03. The molecule has 0 atom stereocenters. The van der Waals surface area contributed by atoms with E-state index in [0.29, 0.717) is 11.1 Å². The Kier molecular flexibility index (Phi) is 5.57. The Morgan fingerprint density at radius 2 is 1.38 bits per heavy atom. The van der Waals surface area contributed by atoms with Gasteiger partial charge in [-0.3, -0.25) is 14.9 Å². The van der Waals surface area contributed by atoms with Crippen molar-refractivity contribution in [2.24, 2.45) is 5.73 Å². The van der Waals surface area contributed by atoms with Crippen LogP contribution >= 0.6 is 0 Å². The molecule has 7 heteroatoms. The van der Waals surface area contributed by atoms with Crippen molar-refractivity contribution < 1.29 is 19.6 Å². The first-order valence-corrected chi connectivity index (χ1v) is 5.74. The summed E-state index contributed by atoms with van der Waals surface area (Å²) in [6.45, 7) is 0. The lowest BCUT2D eigenvalue weighted by molar-refractivity contribution is -0.384. The second-order valence-electron chi connectivity index (χ2n) is 3.84. The number of nitrogens with two attached hydrogens (primary N) is 1. The summed E-state index contributed by atoms with van der Waals surface area (Å²) in [4.78, 5) is 30.7. The minimum atomic E-state index is -1.33. The van der Waals surface area contributed by atoms with E-state index in [0.717, 1.165) is 0 Å². The number of carbonyl (C=O) groups is 2. The Hall–Kier alpha value is -3.22. The maximum absolute atomic E-state index is 12.0. The number of hydrogen-bond donors (Lipinski definition) is 2. The molecule has 2 aromatic rings. The number of carbonyl (C=O) groups excluding carboxylic acids is 1. The second kappa shape index (κ2) is 7.39. The predicted molar refractivity (Wildman–Crippen MR) is 75.2 cm³/mol. The van der Waals surface area contributed by atoms with Crippen LogP contribution in [0.15, 0.2) is 54.6 Å². The fraction of sp³-hybridized carbons (Fsp3) is 0. The molecule has 0 heterocycles. The Labute approximate surface area is 119 Å². The van der Waals surface area contributed by atoms with Crippen LogP contribution in [0.25, 0.3) is 0 Å². The van der Waals surface area contributed by atoms with E-state index in [4.69, 9.17) is 9.90 Å². The lowest BCUT2D eigenvalue weighted by atomic mass is 10.0. The first-order chi connectivity index (χ1) is 9.91. The number of hydrogen-bond acceptors (Lipinski definition) is 4. The van der Waals surface area contributed by atoms with Crippen molar-refractivity contribution in [2.45, 2.75) is 0 Å². The fourth-order valence-corrected chi connectivity index (χ4v) is 1.49. The van der Waals surface area contributed by atoms with Gasteiger partial charge in [-0.05, 0) is 12.1 Å². The van der Waals surface area contributed by atoms with Crippen LogP contribution in [0.1, 0.15) is 15.9 Å². The zero-order chi connectivity index (χ0) is 15.8. The smallest absolute Gasteiger partial charge is 0.402 e. The van der Waals surface area contributed by atoms with E-state index in [1.165, 1.54) is 24.3 Å². The van der Waals surface area contributed by atoms with Crippen molar-refractivity contribution >= 4 is 17.6 Å². The Balaban J connectivity index is 0.000000491. The largest absolute Gasteiger partial charge is 0.465 e. The molecule has 0 aliphatic rings. The lowest BCUT2D eigenvalue weighted by Gasteiger charge is -2.00. The van der Waals surface area contributed by atoms with Crippen molar-refractivity contribution in [3.05, 3.63) is 75.8 Å². The monoisotopic (exact) mass is 288 g/mol. The Morgan fingerprint density at radius 1 is 0.952 bits per heavy atom. The predicted octanol–water partition coefficient (Wildman–Crippen LogP) is 2.45. The molecule has 0 fully saturated rings. The molecule has 0 bridgehead atoms. The molecule has 108 valence electrons. The van der Waals surface area contributed by atoms with Crippen molar-refractivity contribution in [3.63, 3.8) is 0 Å². The van der Waals surface area contributed by atoms with Gasteiger partial charge in [0.1, 0.15) is 0 Å². The highest BCUT2D eigenvalue weighted by molar-refractivity contribution is 6.09. The molecule has 0 saturated carbocycles. The van der Waals surface area contributed by atoms with Gasteiger partial charge in [-0.15, -0.1) is 0 Å². The second-order valence-corrected chi connectivity index (χ2v) is 3.84. The number of amides is 1. The van der Waals surface area contributed by atoms with Gasteiger partial charge in [0.2, 0.25) is 0 Å². The molecule has 2 rings (SSSR count). The molecule has 0 aliphatic heterocycles. The number of nitro benzene ring substituents is 1. The minimum Gasteiger partial charge on any atom is -0.465 e. The van der Waals surface area contributed by atoms with Crippen molar-refractivity contribution in [3.8, 4) is 0 Å². The van der Waals surface area contributed by atoms with Crippen LogP contribution in [0, 0.1) is 10.1 Å². The summed E-state index contributed by atoms with van der Waals surface area (Å²) in [6, 6.07) is 14.4. The molecule has 2 aromatic carbocycles. The van der Waals surface area contributed by atoms with Gasteiger partial charge in [-0.1, -0.05) is 30.3 Å². The zero-order valence-electron chi connectivity index (χ0n) is 10.8. The van der Waals surface area contributed by atoms with Crippen LogP contribution in [0.3, 0.4) is 0 Å². The molecule has 0 aliphatic carbocycles. The van der Waals surface area contributed by atoms with E-state index in [9.17, 15) is 14.9 Å². The summed E-state index contributed by atoms with van der Waals surface area (Å²) >= 11 is 0. The number of non-ortho nitro benzene ring substituents is 1. The molecule has 0 spiro atoms. The Bertz CT molecular complexity index is 634. The number of benzene rings is 2. The van der Waals surface area contributed by atoms with Crippen LogP contribution in [0.2, 0.25) is 0 Å². The number of rotatable bonds is 3. The quantitative estimate of drug-likeness (QED) is 0.510. The molecule has 0 saturated heterocycles. The van der Waals surface area contributed by atoms with Gasteiger partial charge in [0.05, 0.1) is 4.92 Å². The SMILES string of the molecule is NC(=O)O.O=C(c1ccccc1)c1ccc([N+](=O)[O-])cc1. The van der Waals surface area contributed by atoms with Gasteiger partial charge in [0.25, 0.3) is 5.69 Å². The molecule has 1 amide bonds. The first-order valence-electron chi connectivity index (χ1n) is 5.74. The van der Waals surface area contributed by atoms with Crippen LogP contribution in [-0.4, -0.2) is 21.9 Å². The van der Waals surface area contributed by atoms with Crippen LogP contribution in [-0.2, 0) is 0 Å². The average Bonchev–Trinajstić information content (AvgIpc) is 2.47. The molecule has 7 nitrogen and oxygen atoms in total. The van der Waals surface area contributed by atoms with Crippen LogP contribution in [0.4, 0.5) is 10.5 Å². The molecular weight excluding hydrogens is 276 g/mol. The maximum atomic E-state index is 12.0. The van der Waals surface area contributed by atoms with E-state index in [1.54, 1.807) is 24.3 Å². The zero-order valence-corrected chi connectivity index (χ0v) is 10.8. The van der Waals surface area contributed by atoms with Crippen molar-refractivity contribution in [1.29, 1.82) is 0 Å². The number of nitro groups is 1. The number of ketones is 1. The molecule has 0 radical (unpaired) electrons. The number of carboxylic acid groups (broad SMARTS) is 1. The van der Waals surface area contributed by atoms with Crippen molar-refractivity contribution in [1.82, 2.24) is 0 Å². The average molecular weight is 288 g/mol. The normalized spacial score (nSPS) is 9.14. The third-order valence-corrected chi connectivity index (χ3v) is 2.38. The van der Waals surface area contributed by atoms with Crippen LogP contribution in [0.5, 0.6) is 0 Å². The molecule has 0 aromatic heterocycles. The third-order valence-electron chi connectivity index (χ3n) is 2.38. The van der Waals surface area contributed by atoms with Crippen LogP contribution < -0.4 is 5.73 Å². The molecular formula is C14H12N2O5. The highest BCUT2D eigenvalue weighted by Crippen LogP contribution is 2.15. The molecule has 3 N–H and O–H groups in total. The third kappa shape index (κ3) is 5.11.